The van der Waals surface area contributed by atoms with E-state index in [4.69, 9.17) is 11.6 Å². The first-order valence-electron chi connectivity index (χ1n) is 7.03. The molecule has 2 heterocycles. The highest BCUT2D eigenvalue weighted by molar-refractivity contribution is 6.32. The highest BCUT2D eigenvalue weighted by Crippen LogP contribution is 2.31. The number of hydrogen-bond donors (Lipinski definition) is 2. The molecule has 1 unspecified atom stereocenters. The molecule has 2 aliphatic rings. The van der Waals surface area contributed by atoms with Crippen LogP contribution in [0, 0.1) is 0 Å². The number of nitrogens with one attached hydrogen (secondary N) is 2. The van der Waals surface area contributed by atoms with Crippen LogP contribution >= 0.6 is 11.6 Å². The topological polar surface area (TPSA) is 53.1 Å². The average Bonchev–Trinajstić information content (AvgIpc) is 3.15. The van der Waals surface area contributed by atoms with Crippen LogP contribution in [0.4, 0.5) is 11.8 Å². The Balaban J connectivity index is 1.63. The first-order valence-corrected chi connectivity index (χ1v) is 7.41. The van der Waals surface area contributed by atoms with Gasteiger partial charge in [-0.15, -0.1) is 0 Å². The third-order valence-electron chi connectivity index (χ3n) is 3.70. The quantitative estimate of drug-likeness (QED) is 0.867. The second-order valence-electron chi connectivity index (χ2n) is 5.28. The summed E-state index contributed by atoms with van der Waals surface area (Å²) in [5, 5.41) is 7.15. The van der Waals surface area contributed by atoms with Crippen molar-refractivity contribution in [2.45, 2.75) is 38.3 Å². The lowest BCUT2D eigenvalue weighted by Crippen LogP contribution is -2.28. The van der Waals surface area contributed by atoms with Crippen molar-refractivity contribution in [1.82, 2.24) is 14.9 Å². The van der Waals surface area contributed by atoms with Crippen LogP contribution in [0.25, 0.3) is 0 Å². The molecule has 104 valence electrons. The molecule has 1 aliphatic heterocycles. The molecule has 6 heteroatoms. The lowest BCUT2D eigenvalue weighted by atomic mass is 10.2. The molecule has 1 aromatic rings. The summed E-state index contributed by atoms with van der Waals surface area (Å²) in [6.45, 7) is 5.11. The maximum atomic E-state index is 6.16. The third-order valence-corrected chi connectivity index (χ3v) is 3.98. The van der Waals surface area contributed by atoms with Crippen LogP contribution in [0.15, 0.2) is 6.20 Å². The summed E-state index contributed by atoms with van der Waals surface area (Å²) < 4.78 is 0. The van der Waals surface area contributed by atoms with E-state index in [1.54, 1.807) is 6.20 Å². The van der Waals surface area contributed by atoms with Gasteiger partial charge in [-0.1, -0.05) is 11.6 Å². The van der Waals surface area contributed by atoms with Crippen molar-refractivity contribution in [2.75, 3.05) is 30.3 Å². The Morgan fingerprint density at radius 3 is 3.00 bits per heavy atom. The maximum Gasteiger partial charge on any atom is 0.224 e. The summed E-state index contributed by atoms with van der Waals surface area (Å²) in [6, 6.07) is 1.28. The number of hydrogen-bond acceptors (Lipinski definition) is 5. The molecule has 0 amide bonds. The van der Waals surface area contributed by atoms with Crippen LogP contribution in [-0.2, 0) is 0 Å². The van der Waals surface area contributed by atoms with Crippen molar-refractivity contribution in [2.24, 2.45) is 0 Å². The fourth-order valence-corrected chi connectivity index (χ4v) is 2.73. The smallest absolute Gasteiger partial charge is 0.224 e. The van der Waals surface area contributed by atoms with Crippen LogP contribution < -0.4 is 10.6 Å². The van der Waals surface area contributed by atoms with Gasteiger partial charge in [0.15, 0.2) is 5.82 Å². The molecule has 1 saturated heterocycles. The van der Waals surface area contributed by atoms with Crippen molar-refractivity contribution in [3.05, 3.63) is 11.2 Å². The minimum atomic E-state index is 0.447. The second kappa shape index (κ2) is 5.51. The maximum absolute atomic E-state index is 6.16. The van der Waals surface area contributed by atoms with E-state index in [0.29, 0.717) is 17.0 Å². The van der Waals surface area contributed by atoms with E-state index < -0.39 is 0 Å². The van der Waals surface area contributed by atoms with Gasteiger partial charge < -0.3 is 10.6 Å². The van der Waals surface area contributed by atoms with Gasteiger partial charge in [0.2, 0.25) is 5.95 Å². The lowest BCUT2D eigenvalue weighted by Gasteiger charge is -2.17. The monoisotopic (exact) mass is 281 g/mol. The van der Waals surface area contributed by atoms with E-state index >= 15 is 0 Å². The zero-order valence-electron chi connectivity index (χ0n) is 11.2. The Morgan fingerprint density at radius 1 is 1.42 bits per heavy atom. The molecular weight excluding hydrogens is 262 g/mol. The normalized spacial score (nSPS) is 23.6. The van der Waals surface area contributed by atoms with Crippen molar-refractivity contribution in [3.63, 3.8) is 0 Å². The van der Waals surface area contributed by atoms with Gasteiger partial charge in [0.05, 0.1) is 6.20 Å². The number of halogens is 1. The van der Waals surface area contributed by atoms with Gasteiger partial charge in [0.1, 0.15) is 5.02 Å². The Morgan fingerprint density at radius 2 is 2.26 bits per heavy atom. The summed E-state index contributed by atoms with van der Waals surface area (Å²) in [4.78, 5) is 11.1. The van der Waals surface area contributed by atoms with E-state index in [-0.39, 0.29) is 0 Å². The van der Waals surface area contributed by atoms with E-state index in [1.165, 1.54) is 19.4 Å². The van der Waals surface area contributed by atoms with Gasteiger partial charge >= 0.3 is 0 Å². The minimum Gasteiger partial charge on any atom is -0.365 e. The first kappa shape index (κ1) is 12.9. The second-order valence-corrected chi connectivity index (χ2v) is 5.68. The molecule has 2 N–H and O–H groups in total. The van der Waals surface area contributed by atoms with Crippen molar-refractivity contribution in [1.29, 1.82) is 0 Å². The third kappa shape index (κ3) is 3.09. The molecule has 1 aromatic heterocycles. The summed E-state index contributed by atoms with van der Waals surface area (Å²) in [5.74, 6) is 1.38. The van der Waals surface area contributed by atoms with E-state index in [9.17, 15) is 0 Å². The van der Waals surface area contributed by atoms with Crippen molar-refractivity contribution in [3.8, 4) is 0 Å². The van der Waals surface area contributed by atoms with Gasteiger partial charge in [-0.3, -0.25) is 4.90 Å². The van der Waals surface area contributed by atoms with Crippen molar-refractivity contribution >= 4 is 23.4 Å². The van der Waals surface area contributed by atoms with Crippen LogP contribution in [0.1, 0.15) is 26.2 Å². The highest BCUT2D eigenvalue weighted by Gasteiger charge is 2.34. The van der Waals surface area contributed by atoms with Gasteiger partial charge in [-0.25, -0.2) is 4.98 Å². The number of nitrogens with zero attached hydrogens (tertiary/aromatic N) is 3. The molecule has 0 spiro atoms. The van der Waals surface area contributed by atoms with Crippen LogP contribution in [0.5, 0.6) is 0 Å². The largest absolute Gasteiger partial charge is 0.365 e. The summed E-state index contributed by atoms with van der Waals surface area (Å²) in [5.41, 5.74) is 0. The number of aromatic nitrogens is 2. The molecule has 2 fully saturated rings. The summed E-state index contributed by atoms with van der Waals surface area (Å²) in [6.07, 6.45) is 5.55. The van der Waals surface area contributed by atoms with Crippen LogP contribution in [0.2, 0.25) is 5.02 Å². The summed E-state index contributed by atoms with van der Waals surface area (Å²) >= 11 is 6.16. The van der Waals surface area contributed by atoms with E-state index in [0.717, 1.165) is 31.4 Å². The Kier molecular flexibility index (Phi) is 3.75. The fourth-order valence-electron chi connectivity index (χ4n) is 2.58. The molecule has 1 atom stereocenters. The fraction of sp³-hybridized carbons (Fsp3) is 0.692. The van der Waals surface area contributed by atoms with Gasteiger partial charge in [-0.05, 0) is 26.2 Å². The molecule has 0 bridgehead atoms. The van der Waals surface area contributed by atoms with E-state index in [2.05, 4.69) is 25.5 Å². The predicted octanol–water partition coefficient (Wildman–Crippen LogP) is 2.21. The highest BCUT2D eigenvalue weighted by atomic mass is 35.5. The van der Waals surface area contributed by atoms with Gasteiger partial charge in [-0.2, -0.15) is 4.98 Å². The Labute approximate surface area is 118 Å². The standard InChI is InChI=1S/C13H20ClN5/c1-2-15-13-16-7-11(14)12(18-13)17-9-5-6-19(8-9)10-3-4-10/h7,9-10H,2-6,8H2,1H3,(H2,15,16,17,18). The zero-order valence-corrected chi connectivity index (χ0v) is 12.0. The minimum absolute atomic E-state index is 0.447. The molecule has 1 aliphatic carbocycles. The van der Waals surface area contributed by atoms with Crippen LogP contribution in [0.3, 0.4) is 0 Å². The number of likely N-dealkylation sites (tertiary alicyclic amines) is 1. The van der Waals surface area contributed by atoms with Crippen LogP contribution in [-0.4, -0.2) is 46.6 Å². The lowest BCUT2D eigenvalue weighted by molar-refractivity contribution is 0.326. The first-order chi connectivity index (χ1) is 9.26. The molecule has 5 nitrogen and oxygen atoms in total. The average molecular weight is 282 g/mol. The molecule has 0 aromatic carbocycles. The summed E-state index contributed by atoms with van der Waals surface area (Å²) in [7, 11) is 0. The molecule has 1 saturated carbocycles. The molecule has 0 radical (unpaired) electrons. The van der Waals surface area contributed by atoms with Crippen molar-refractivity contribution < 1.29 is 0 Å². The van der Waals surface area contributed by atoms with Gasteiger partial charge in [0, 0.05) is 31.7 Å². The van der Waals surface area contributed by atoms with E-state index in [1.807, 2.05) is 6.92 Å². The number of rotatable bonds is 5. The number of anilines is 2. The molecule has 3 rings (SSSR count). The Hall–Kier alpha value is -1.07. The molecular formula is C13H20ClN5. The Bertz CT molecular complexity index is 449. The van der Waals surface area contributed by atoms with Gasteiger partial charge in [0.25, 0.3) is 0 Å². The predicted molar refractivity (Wildman–Crippen MR) is 77.8 cm³/mol. The molecule has 19 heavy (non-hydrogen) atoms. The SMILES string of the molecule is CCNc1ncc(Cl)c(NC2CCN(C3CC3)C2)n1. The zero-order chi connectivity index (χ0) is 13.2.